The van der Waals surface area contributed by atoms with Crippen molar-refractivity contribution in [1.82, 2.24) is 30.1 Å². The quantitative estimate of drug-likeness (QED) is 0.213. The third kappa shape index (κ3) is 5.97. The van der Waals surface area contributed by atoms with Crippen molar-refractivity contribution in [2.45, 2.75) is 77.3 Å². The van der Waals surface area contributed by atoms with Crippen molar-refractivity contribution in [2.75, 3.05) is 13.1 Å². The number of likely N-dealkylation sites (tertiary alicyclic amines) is 2. The molecule has 2 aliphatic heterocycles. The summed E-state index contributed by atoms with van der Waals surface area (Å²) >= 11 is 1.60. The second-order valence-electron chi connectivity index (χ2n) is 12.6. The zero-order chi connectivity index (χ0) is 30.4. The fraction of sp³-hybridized carbons (Fsp3) is 0.455. The summed E-state index contributed by atoms with van der Waals surface area (Å²) in [4.78, 5) is 33.8. The number of amides is 2. The minimum atomic E-state index is -0.0640. The van der Waals surface area contributed by atoms with Gasteiger partial charge in [-0.15, -0.1) is 10.2 Å². The van der Waals surface area contributed by atoms with Crippen molar-refractivity contribution in [1.29, 1.82) is 0 Å². The molecule has 0 bridgehead atoms. The van der Waals surface area contributed by atoms with Crippen LogP contribution in [0.1, 0.15) is 81.1 Å². The molecule has 4 heterocycles. The molecule has 10 nitrogen and oxygen atoms in total. The van der Waals surface area contributed by atoms with E-state index in [4.69, 9.17) is 14.2 Å². The van der Waals surface area contributed by atoms with Crippen molar-refractivity contribution in [2.24, 2.45) is 5.92 Å². The Balaban J connectivity index is 1.15. The second kappa shape index (κ2) is 11.8. The van der Waals surface area contributed by atoms with Gasteiger partial charge < -0.3 is 19.1 Å². The van der Waals surface area contributed by atoms with Crippen LogP contribution in [0.3, 0.4) is 0 Å². The van der Waals surface area contributed by atoms with Crippen LogP contribution in [0, 0.1) is 5.92 Å². The minimum absolute atomic E-state index is 0.0640. The van der Waals surface area contributed by atoms with Crippen molar-refractivity contribution < 1.29 is 18.8 Å². The molecule has 7 rings (SSSR count). The first-order valence-electron chi connectivity index (χ1n) is 15.5. The van der Waals surface area contributed by atoms with E-state index in [2.05, 4.69) is 36.1 Å². The summed E-state index contributed by atoms with van der Waals surface area (Å²) in [5, 5.41) is 14.8. The van der Waals surface area contributed by atoms with E-state index in [-0.39, 0.29) is 17.7 Å². The fourth-order valence-corrected chi connectivity index (χ4v) is 6.76. The Kier molecular flexibility index (Phi) is 7.65. The lowest BCUT2D eigenvalue weighted by Crippen LogP contribution is -2.38. The van der Waals surface area contributed by atoms with E-state index in [0.29, 0.717) is 67.0 Å². The van der Waals surface area contributed by atoms with Gasteiger partial charge in [-0.3, -0.25) is 9.59 Å². The van der Waals surface area contributed by atoms with Crippen molar-refractivity contribution >= 4 is 23.2 Å². The number of rotatable bonds is 9. The van der Waals surface area contributed by atoms with Crippen LogP contribution in [0.2, 0.25) is 0 Å². The first-order valence-corrected chi connectivity index (χ1v) is 16.3. The maximum atomic E-state index is 12.8. The molecule has 2 aromatic carbocycles. The Bertz CT molecular complexity index is 1680. The molecule has 0 radical (unpaired) electrons. The van der Waals surface area contributed by atoms with Gasteiger partial charge in [0.1, 0.15) is 21.5 Å². The minimum Gasteiger partial charge on any atom is -0.457 e. The van der Waals surface area contributed by atoms with E-state index in [1.807, 2.05) is 52.3 Å². The number of ether oxygens (including phenoxy) is 1. The van der Waals surface area contributed by atoms with Gasteiger partial charge >= 0.3 is 0 Å². The van der Waals surface area contributed by atoms with E-state index in [1.54, 1.807) is 11.3 Å². The number of carbonyl (C=O) groups is 2. The summed E-state index contributed by atoms with van der Waals surface area (Å²) in [6.45, 7) is 8.22. The van der Waals surface area contributed by atoms with E-state index < -0.39 is 0 Å². The molecule has 2 aromatic heterocycles. The summed E-state index contributed by atoms with van der Waals surface area (Å²) in [5.41, 5.74) is 2.59. The lowest BCUT2D eigenvalue weighted by Gasteiger charge is -2.31. The van der Waals surface area contributed by atoms with Gasteiger partial charge in [-0.05, 0) is 61.6 Å². The Hall–Kier alpha value is -4.12. The van der Waals surface area contributed by atoms with Crippen LogP contribution in [0.25, 0.3) is 22.0 Å². The van der Waals surface area contributed by atoms with E-state index >= 15 is 0 Å². The van der Waals surface area contributed by atoms with Gasteiger partial charge in [0, 0.05) is 67.0 Å². The fourth-order valence-electron chi connectivity index (χ4n) is 5.91. The molecule has 0 N–H and O–H groups in total. The second-order valence-corrected chi connectivity index (χ2v) is 13.6. The van der Waals surface area contributed by atoms with Gasteiger partial charge in [-0.2, -0.15) is 4.98 Å². The first-order chi connectivity index (χ1) is 21.3. The van der Waals surface area contributed by atoms with Crippen molar-refractivity contribution in [3.8, 4) is 33.5 Å². The van der Waals surface area contributed by atoms with Crippen LogP contribution < -0.4 is 4.74 Å². The number of nitrogens with zero attached hydrogens (tertiary/aromatic N) is 6. The zero-order valence-electron chi connectivity index (χ0n) is 25.2. The summed E-state index contributed by atoms with van der Waals surface area (Å²) in [6.07, 6.45) is 4.06. The number of benzene rings is 2. The van der Waals surface area contributed by atoms with Crippen molar-refractivity contribution in [3.63, 3.8) is 0 Å². The van der Waals surface area contributed by atoms with Crippen LogP contribution in [0.5, 0.6) is 11.5 Å². The largest absolute Gasteiger partial charge is 0.457 e. The number of aromatic nitrogens is 4. The van der Waals surface area contributed by atoms with Gasteiger partial charge in [0.2, 0.25) is 11.8 Å². The monoisotopic (exact) mass is 612 g/mol. The number of carbonyl (C=O) groups excluding carboxylic acids is 2. The molecule has 2 unspecified atom stereocenters. The Labute approximate surface area is 260 Å². The molecular weight excluding hydrogens is 576 g/mol. The van der Waals surface area contributed by atoms with Crippen LogP contribution in [-0.4, -0.2) is 61.1 Å². The van der Waals surface area contributed by atoms with Gasteiger partial charge in [0.05, 0.1) is 0 Å². The van der Waals surface area contributed by atoms with Crippen LogP contribution >= 0.6 is 11.3 Å². The highest BCUT2D eigenvalue weighted by Gasteiger charge is 2.41. The Morgan fingerprint density at radius 1 is 1.00 bits per heavy atom. The summed E-state index contributed by atoms with van der Waals surface area (Å²) in [5.74, 6) is 3.27. The zero-order valence-corrected chi connectivity index (χ0v) is 26.0. The highest BCUT2D eigenvalue weighted by molar-refractivity contribution is 7.14. The molecule has 0 spiro atoms. The average Bonchev–Trinajstić information content (AvgIpc) is 3.37. The topological polar surface area (TPSA) is 115 Å². The molecule has 4 aromatic rings. The molecule has 11 heteroatoms. The lowest BCUT2D eigenvalue weighted by atomic mass is 9.99. The molecule has 2 amide bonds. The lowest BCUT2D eigenvalue weighted by molar-refractivity contribution is -0.135. The summed E-state index contributed by atoms with van der Waals surface area (Å²) in [6, 6.07) is 14.0. The van der Waals surface area contributed by atoms with E-state index in [0.717, 1.165) is 52.5 Å². The molecule has 3 aliphatic rings. The Morgan fingerprint density at radius 3 is 2.55 bits per heavy atom. The predicted octanol–water partition coefficient (Wildman–Crippen LogP) is 6.41. The SMILES string of the molecule is CC1CCC(=O)N(Cc2ccc(-c3nc(C4CC(=O)N(C5CC5)C4)no3)cc2Oc2ccc(-c3nnc(C(C)C)s3)cc2)C1. The molecule has 44 heavy (non-hydrogen) atoms. The third-order valence-corrected chi connectivity index (χ3v) is 9.90. The van der Waals surface area contributed by atoms with Gasteiger partial charge in [0.25, 0.3) is 5.89 Å². The number of piperidine rings is 1. The molecule has 2 saturated heterocycles. The third-order valence-electron chi connectivity index (χ3n) is 8.63. The van der Waals surface area contributed by atoms with Crippen molar-refractivity contribution in [3.05, 3.63) is 58.9 Å². The smallest absolute Gasteiger partial charge is 0.258 e. The summed E-state index contributed by atoms with van der Waals surface area (Å²) in [7, 11) is 0. The highest BCUT2D eigenvalue weighted by Crippen LogP contribution is 2.38. The number of hydrogen-bond donors (Lipinski definition) is 0. The van der Waals surface area contributed by atoms with E-state index in [9.17, 15) is 9.59 Å². The summed E-state index contributed by atoms with van der Waals surface area (Å²) < 4.78 is 12.2. The molecule has 1 aliphatic carbocycles. The molecule has 2 atom stereocenters. The molecule has 228 valence electrons. The standard InChI is InChI=1S/C33H36N6O4S/c1-19(2)32-35-36-33(44-32)21-7-11-26(12-8-21)42-27-14-22(5-6-23(27)17-38-16-20(3)4-13-28(38)40)31-34-30(37-43-31)24-15-29(41)39(18-24)25-9-10-25/h5-8,11-12,14,19-20,24-25H,4,9-10,13,15-18H2,1-3H3. The van der Waals surface area contributed by atoms with E-state index in [1.165, 1.54) is 0 Å². The maximum Gasteiger partial charge on any atom is 0.258 e. The molecule has 3 fully saturated rings. The highest BCUT2D eigenvalue weighted by atomic mass is 32.1. The molecular formula is C33H36N6O4S. The van der Waals surface area contributed by atoms with Gasteiger partial charge in [-0.1, -0.05) is 43.3 Å². The predicted molar refractivity (Wildman–Crippen MR) is 165 cm³/mol. The maximum absolute atomic E-state index is 12.8. The number of hydrogen-bond acceptors (Lipinski definition) is 9. The average molecular weight is 613 g/mol. The van der Waals surface area contributed by atoms with Crippen LogP contribution in [-0.2, 0) is 16.1 Å². The van der Waals surface area contributed by atoms with Crippen LogP contribution in [0.4, 0.5) is 0 Å². The normalized spacial score (nSPS) is 20.6. The molecule has 1 saturated carbocycles. The Morgan fingerprint density at radius 2 is 1.80 bits per heavy atom. The van der Waals surface area contributed by atoms with Crippen LogP contribution in [0.15, 0.2) is 47.0 Å². The van der Waals surface area contributed by atoms with Gasteiger partial charge in [0.15, 0.2) is 5.82 Å². The van der Waals surface area contributed by atoms with Gasteiger partial charge in [-0.25, -0.2) is 0 Å². The first kappa shape index (κ1) is 28.6.